The quantitative estimate of drug-likeness (QED) is 0.178. The fourth-order valence-electron chi connectivity index (χ4n) is 3.00. The Bertz CT molecular complexity index is 918. The van der Waals surface area contributed by atoms with Crippen molar-refractivity contribution in [2.45, 2.75) is 26.2 Å². The molecule has 0 aliphatic carbocycles. The van der Waals surface area contributed by atoms with E-state index in [2.05, 4.69) is 0 Å². The van der Waals surface area contributed by atoms with Gasteiger partial charge in [0.1, 0.15) is 0 Å². The fraction of sp³-hybridized carbons (Fsp3) is 0.333. The molecule has 0 fully saturated rings. The van der Waals surface area contributed by atoms with Gasteiger partial charge in [0.2, 0.25) is 28.3 Å². The normalized spacial score (nSPS) is 12.6. The molecule has 0 unspecified atom stereocenters. The second-order valence-electron chi connectivity index (χ2n) is 7.61. The summed E-state index contributed by atoms with van der Waals surface area (Å²) in [4.78, 5) is 0. The Balaban J connectivity index is 2.21. The number of rotatable bonds is 7. The van der Waals surface area contributed by atoms with Crippen LogP contribution in [0.3, 0.4) is 0 Å². The van der Waals surface area contributed by atoms with Crippen LogP contribution in [0.5, 0.6) is 0 Å². The van der Waals surface area contributed by atoms with Crippen LogP contribution in [-0.2, 0) is 8.85 Å². The van der Waals surface area contributed by atoms with Crippen LogP contribution in [0, 0.1) is 58.2 Å². The summed E-state index contributed by atoms with van der Waals surface area (Å²) < 4.78 is 147. The minimum atomic E-state index is -3.76. The topological polar surface area (TPSA) is 18.5 Å². The third-order valence-electron chi connectivity index (χ3n) is 4.63. The molecule has 178 valence electrons. The van der Waals surface area contributed by atoms with Crippen molar-refractivity contribution in [3.63, 3.8) is 0 Å². The zero-order valence-electron chi connectivity index (χ0n) is 17.0. The van der Waals surface area contributed by atoms with Gasteiger partial charge in [0.25, 0.3) is 0 Å². The van der Waals surface area contributed by atoms with Gasteiger partial charge in [-0.3, -0.25) is 0 Å². The van der Waals surface area contributed by atoms with Crippen LogP contribution in [0.15, 0.2) is 0 Å². The maximum absolute atomic E-state index is 14.0. The van der Waals surface area contributed by atoms with E-state index in [0.29, 0.717) is 0 Å². The number of halogens is 10. The van der Waals surface area contributed by atoms with Crippen molar-refractivity contribution >= 4 is 27.0 Å². The van der Waals surface area contributed by atoms with Crippen LogP contribution >= 0.6 is 0 Å². The summed E-state index contributed by atoms with van der Waals surface area (Å²) in [6, 6.07) is 0. The highest BCUT2D eigenvalue weighted by molar-refractivity contribution is 6.85. The molecule has 0 N–H and O–H groups in total. The first kappa shape index (κ1) is 26.3. The lowest BCUT2D eigenvalue weighted by molar-refractivity contribution is 0.210. The van der Waals surface area contributed by atoms with E-state index in [-0.39, 0.29) is 0 Å². The van der Waals surface area contributed by atoms with Gasteiger partial charge in [-0.25, -0.2) is 43.9 Å². The molecule has 0 radical (unpaired) electrons. The Kier molecular flexibility index (Phi) is 7.53. The molecule has 14 heteroatoms. The smallest absolute Gasteiger partial charge is 0.224 e. The molecule has 2 rings (SSSR count). The van der Waals surface area contributed by atoms with E-state index in [1.807, 2.05) is 0 Å². The Morgan fingerprint density at radius 3 is 0.812 bits per heavy atom. The van der Waals surface area contributed by atoms with E-state index in [1.165, 1.54) is 0 Å². The highest BCUT2D eigenvalue weighted by Crippen LogP contribution is 2.22. The summed E-state index contributed by atoms with van der Waals surface area (Å²) in [7, 11) is -7.51. The second-order valence-corrected chi connectivity index (χ2v) is 15.2. The lowest BCUT2D eigenvalue weighted by Crippen LogP contribution is -2.52. The molecule has 0 atom stereocenters. The van der Waals surface area contributed by atoms with E-state index in [1.54, 1.807) is 0 Å². The van der Waals surface area contributed by atoms with Crippen molar-refractivity contribution in [3.05, 3.63) is 58.2 Å². The molecule has 0 heterocycles. The first-order valence-electron chi connectivity index (χ1n) is 8.88. The van der Waals surface area contributed by atoms with E-state index in [0.717, 1.165) is 26.2 Å². The summed E-state index contributed by atoms with van der Waals surface area (Å²) in [6.45, 7) is 3.50. The van der Waals surface area contributed by atoms with Gasteiger partial charge in [0, 0.05) is 10.4 Å². The summed E-state index contributed by atoms with van der Waals surface area (Å²) in [5.41, 5.74) is 0. The lowest BCUT2D eigenvalue weighted by Gasteiger charge is -2.28. The predicted molar refractivity (Wildman–Crippen MR) is 98.6 cm³/mol. The zero-order valence-corrected chi connectivity index (χ0v) is 19.0. The maximum atomic E-state index is 14.0. The van der Waals surface area contributed by atoms with Crippen molar-refractivity contribution in [3.8, 4) is 0 Å². The molecule has 0 aromatic heterocycles. The Morgan fingerprint density at radius 2 is 0.594 bits per heavy atom. The molecule has 0 aliphatic heterocycles. The molecule has 2 aromatic rings. The summed E-state index contributed by atoms with van der Waals surface area (Å²) in [6.07, 6.45) is 0. The van der Waals surface area contributed by atoms with E-state index in [9.17, 15) is 43.9 Å². The SMILES string of the molecule is C[Si](C)(OCCO[Si](C)(C)c1c(F)c(F)c(F)c(F)c1F)c1c(F)c(F)c(F)c(F)c1F. The highest BCUT2D eigenvalue weighted by Gasteiger charge is 2.40. The van der Waals surface area contributed by atoms with Crippen LogP contribution in [0.4, 0.5) is 43.9 Å². The molecule has 32 heavy (non-hydrogen) atoms. The van der Waals surface area contributed by atoms with E-state index in [4.69, 9.17) is 8.85 Å². The van der Waals surface area contributed by atoms with Crippen molar-refractivity contribution in [1.82, 2.24) is 0 Å². The zero-order chi connectivity index (χ0) is 24.8. The minimum Gasteiger partial charge on any atom is -0.410 e. The number of hydrogen-bond acceptors (Lipinski definition) is 2. The van der Waals surface area contributed by atoms with E-state index >= 15 is 0 Å². The molecule has 0 bridgehead atoms. The number of benzene rings is 2. The Hall–Kier alpha value is -1.91. The molecule has 0 saturated heterocycles. The average molecular weight is 510 g/mol. The van der Waals surface area contributed by atoms with Crippen LogP contribution in [0.1, 0.15) is 0 Å². The van der Waals surface area contributed by atoms with Crippen molar-refractivity contribution in [1.29, 1.82) is 0 Å². The standard InChI is InChI=1S/C18H16F10O2Si2/c1-31(2,17-13(25)9(21)7(19)10(22)14(17)26)29-5-6-30-32(3,4)18-15(27)11(23)8(20)12(24)16(18)28/h5-6H2,1-4H3. The van der Waals surface area contributed by atoms with Crippen molar-refractivity contribution < 1.29 is 52.8 Å². The van der Waals surface area contributed by atoms with Crippen LogP contribution in [0.2, 0.25) is 26.2 Å². The highest BCUT2D eigenvalue weighted by atomic mass is 28.4. The van der Waals surface area contributed by atoms with Crippen LogP contribution < -0.4 is 10.4 Å². The van der Waals surface area contributed by atoms with Gasteiger partial charge in [-0.15, -0.1) is 0 Å². The first-order chi connectivity index (χ1) is 14.6. The minimum absolute atomic E-state index is 0.523. The van der Waals surface area contributed by atoms with Crippen molar-refractivity contribution in [2.75, 3.05) is 13.2 Å². The van der Waals surface area contributed by atoms with Gasteiger partial charge in [0.05, 0.1) is 13.2 Å². The van der Waals surface area contributed by atoms with Gasteiger partial charge in [-0.1, -0.05) is 0 Å². The largest absolute Gasteiger partial charge is 0.410 e. The van der Waals surface area contributed by atoms with Crippen LogP contribution in [-0.4, -0.2) is 29.8 Å². The molecular formula is C18H16F10O2Si2. The molecule has 2 nitrogen and oxygen atoms in total. The van der Waals surface area contributed by atoms with Gasteiger partial charge in [0.15, 0.2) is 46.5 Å². The summed E-state index contributed by atoms with van der Waals surface area (Å²) >= 11 is 0. The van der Waals surface area contributed by atoms with Gasteiger partial charge in [-0.05, 0) is 26.2 Å². The third kappa shape index (κ3) is 4.58. The Morgan fingerprint density at radius 1 is 0.406 bits per heavy atom. The molecule has 0 saturated carbocycles. The van der Waals surface area contributed by atoms with E-state index < -0.39 is 98.4 Å². The molecule has 2 aromatic carbocycles. The number of hydrogen-bond donors (Lipinski definition) is 0. The van der Waals surface area contributed by atoms with Gasteiger partial charge >= 0.3 is 0 Å². The predicted octanol–water partition coefficient (Wildman–Crippen LogP) is 4.64. The summed E-state index contributed by atoms with van der Waals surface area (Å²) in [5.74, 6) is -21.4. The maximum Gasteiger partial charge on any atom is 0.224 e. The van der Waals surface area contributed by atoms with Crippen LogP contribution in [0.25, 0.3) is 0 Å². The monoisotopic (exact) mass is 510 g/mol. The van der Waals surface area contributed by atoms with Gasteiger partial charge < -0.3 is 8.85 Å². The Labute approximate surface area is 178 Å². The van der Waals surface area contributed by atoms with Crippen molar-refractivity contribution in [2.24, 2.45) is 0 Å². The molecule has 0 amide bonds. The second kappa shape index (κ2) is 9.15. The lowest BCUT2D eigenvalue weighted by atomic mass is 10.3. The molecule has 0 spiro atoms. The fourth-order valence-corrected chi connectivity index (χ4v) is 7.03. The van der Waals surface area contributed by atoms with Gasteiger partial charge in [-0.2, -0.15) is 0 Å². The third-order valence-corrected chi connectivity index (χ3v) is 9.77. The molecule has 0 aliphatic rings. The first-order valence-corrected chi connectivity index (χ1v) is 14.7. The summed E-state index contributed by atoms with van der Waals surface area (Å²) in [5, 5.41) is -2.24. The average Bonchev–Trinajstić information content (AvgIpc) is 2.71. The molecular weight excluding hydrogens is 494 g/mol.